The Hall–Kier alpha value is -1.06. The van der Waals surface area contributed by atoms with Crippen LogP contribution in [-0.4, -0.2) is 26.9 Å². The second-order valence-corrected chi connectivity index (χ2v) is 5.53. The first-order chi connectivity index (χ1) is 9.14. The lowest BCUT2D eigenvalue weighted by Gasteiger charge is -2.43. The van der Waals surface area contributed by atoms with Crippen LogP contribution >= 0.6 is 0 Å². The number of hydrogen-bond acceptors (Lipinski definition) is 3. The molecule has 1 aromatic carbocycles. The molecule has 1 aliphatic carbocycles. The second kappa shape index (κ2) is 5.93. The largest absolute Gasteiger partial charge is 0.496 e. The van der Waals surface area contributed by atoms with E-state index in [4.69, 9.17) is 9.47 Å². The molecule has 0 heterocycles. The molecule has 2 rings (SSSR count). The molecule has 0 aliphatic heterocycles. The van der Waals surface area contributed by atoms with E-state index in [0.29, 0.717) is 0 Å². The van der Waals surface area contributed by atoms with Gasteiger partial charge in [0.25, 0.3) is 0 Å². The minimum atomic E-state index is 0.0580. The Morgan fingerprint density at radius 3 is 2.53 bits per heavy atom. The Labute approximate surface area is 116 Å². The van der Waals surface area contributed by atoms with Gasteiger partial charge in [-0.1, -0.05) is 17.7 Å². The van der Waals surface area contributed by atoms with Crippen LogP contribution in [0.15, 0.2) is 18.2 Å². The molecular weight excluding hydrogens is 238 g/mol. The quantitative estimate of drug-likeness (QED) is 0.855. The summed E-state index contributed by atoms with van der Waals surface area (Å²) in [5.74, 6) is 0.954. The zero-order chi connectivity index (χ0) is 13.9. The number of benzene rings is 1. The summed E-state index contributed by atoms with van der Waals surface area (Å²) in [7, 11) is 5.57. The van der Waals surface area contributed by atoms with Crippen LogP contribution in [0.25, 0.3) is 0 Å². The SMILES string of the molecule is CNC(CC1(OC)CCC1)c1cc(C)ccc1OC. The Balaban J connectivity index is 2.23. The number of nitrogens with one attached hydrogen (secondary N) is 1. The van der Waals surface area contributed by atoms with Gasteiger partial charge in [0.05, 0.1) is 12.7 Å². The van der Waals surface area contributed by atoms with Gasteiger partial charge in [0.2, 0.25) is 0 Å². The smallest absolute Gasteiger partial charge is 0.123 e. The lowest BCUT2D eigenvalue weighted by Crippen LogP contribution is -2.42. The molecule has 1 atom stereocenters. The highest BCUT2D eigenvalue weighted by Gasteiger charge is 2.39. The van der Waals surface area contributed by atoms with Crippen molar-refractivity contribution in [3.05, 3.63) is 29.3 Å². The van der Waals surface area contributed by atoms with Gasteiger partial charge in [0.1, 0.15) is 5.75 Å². The minimum Gasteiger partial charge on any atom is -0.496 e. The van der Waals surface area contributed by atoms with E-state index < -0.39 is 0 Å². The molecule has 3 heteroatoms. The lowest BCUT2D eigenvalue weighted by molar-refractivity contribution is -0.0835. The van der Waals surface area contributed by atoms with Crippen molar-refractivity contribution in [2.24, 2.45) is 0 Å². The summed E-state index contributed by atoms with van der Waals surface area (Å²) < 4.78 is 11.3. The van der Waals surface area contributed by atoms with E-state index in [-0.39, 0.29) is 11.6 Å². The first kappa shape index (κ1) is 14.4. The Morgan fingerprint density at radius 1 is 1.32 bits per heavy atom. The first-order valence-corrected chi connectivity index (χ1v) is 7.01. The maximum atomic E-state index is 5.75. The topological polar surface area (TPSA) is 30.5 Å². The van der Waals surface area contributed by atoms with Gasteiger partial charge in [0, 0.05) is 18.7 Å². The Kier molecular flexibility index (Phi) is 4.48. The molecule has 0 radical (unpaired) electrons. The van der Waals surface area contributed by atoms with Crippen molar-refractivity contribution in [2.45, 2.75) is 44.2 Å². The molecular formula is C16H25NO2. The van der Waals surface area contributed by atoms with Crippen molar-refractivity contribution >= 4 is 0 Å². The molecule has 1 unspecified atom stereocenters. The molecule has 1 aliphatic rings. The van der Waals surface area contributed by atoms with Crippen molar-refractivity contribution in [1.29, 1.82) is 0 Å². The molecule has 3 nitrogen and oxygen atoms in total. The van der Waals surface area contributed by atoms with Gasteiger partial charge < -0.3 is 14.8 Å². The number of rotatable bonds is 6. The third-order valence-electron chi connectivity index (χ3n) is 4.38. The van der Waals surface area contributed by atoms with Crippen LogP contribution in [0.3, 0.4) is 0 Å². The second-order valence-electron chi connectivity index (χ2n) is 5.53. The highest BCUT2D eigenvalue weighted by molar-refractivity contribution is 5.39. The standard InChI is InChI=1S/C16H25NO2/c1-12-6-7-15(18-3)13(10-12)14(17-2)11-16(19-4)8-5-9-16/h6-7,10,14,17H,5,8-9,11H2,1-4H3. The number of hydrogen-bond donors (Lipinski definition) is 1. The summed E-state index contributed by atoms with van der Waals surface area (Å²) in [6.45, 7) is 2.12. The molecule has 1 saturated carbocycles. The van der Waals surface area contributed by atoms with Gasteiger partial charge in [-0.2, -0.15) is 0 Å². The zero-order valence-corrected chi connectivity index (χ0v) is 12.5. The van der Waals surface area contributed by atoms with Crippen molar-refractivity contribution in [3.63, 3.8) is 0 Å². The highest BCUT2D eigenvalue weighted by Crippen LogP contribution is 2.43. The van der Waals surface area contributed by atoms with Crippen molar-refractivity contribution in [2.75, 3.05) is 21.3 Å². The zero-order valence-electron chi connectivity index (χ0n) is 12.5. The van der Waals surface area contributed by atoms with E-state index in [2.05, 4.69) is 30.4 Å². The fourth-order valence-corrected chi connectivity index (χ4v) is 2.93. The number of ether oxygens (including phenoxy) is 2. The fourth-order valence-electron chi connectivity index (χ4n) is 2.93. The fraction of sp³-hybridized carbons (Fsp3) is 0.625. The number of methoxy groups -OCH3 is 2. The minimum absolute atomic E-state index is 0.0580. The van der Waals surface area contributed by atoms with Gasteiger partial charge in [-0.05, 0) is 45.7 Å². The summed E-state index contributed by atoms with van der Waals surface area (Å²) in [5.41, 5.74) is 2.55. The average Bonchev–Trinajstić information content (AvgIpc) is 2.38. The predicted molar refractivity (Wildman–Crippen MR) is 77.7 cm³/mol. The third kappa shape index (κ3) is 2.93. The molecule has 106 valence electrons. The van der Waals surface area contributed by atoms with Crippen molar-refractivity contribution < 1.29 is 9.47 Å². The molecule has 0 saturated heterocycles. The van der Waals surface area contributed by atoms with Crippen LogP contribution in [0.2, 0.25) is 0 Å². The monoisotopic (exact) mass is 263 g/mol. The number of aryl methyl sites for hydroxylation is 1. The van der Waals surface area contributed by atoms with E-state index >= 15 is 0 Å². The summed E-state index contributed by atoms with van der Waals surface area (Å²) >= 11 is 0. The van der Waals surface area contributed by atoms with Gasteiger partial charge in [-0.15, -0.1) is 0 Å². The molecule has 0 amide bonds. The molecule has 1 N–H and O–H groups in total. The predicted octanol–water partition coefficient (Wildman–Crippen LogP) is 3.22. The molecule has 1 aromatic rings. The highest BCUT2D eigenvalue weighted by atomic mass is 16.5. The molecule has 0 bridgehead atoms. The van der Waals surface area contributed by atoms with E-state index in [9.17, 15) is 0 Å². The van der Waals surface area contributed by atoms with Gasteiger partial charge in [-0.3, -0.25) is 0 Å². The Bertz CT molecular complexity index is 421. The molecule has 0 spiro atoms. The lowest BCUT2D eigenvalue weighted by atomic mass is 9.74. The van der Waals surface area contributed by atoms with Crippen LogP contribution in [-0.2, 0) is 4.74 Å². The van der Waals surface area contributed by atoms with E-state index in [1.165, 1.54) is 17.5 Å². The van der Waals surface area contributed by atoms with E-state index in [1.54, 1.807) is 7.11 Å². The first-order valence-electron chi connectivity index (χ1n) is 7.01. The van der Waals surface area contributed by atoms with Crippen LogP contribution in [0.4, 0.5) is 0 Å². The van der Waals surface area contributed by atoms with Crippen LogP contribution < -0.4 is 10.1 Å². The van der Waals surface area contributed by atoms with Crippen molar-refractivity contribution in [3.8, 4) is 5.75 Å². The van der Waals surface area contributed by atoms with Gasteiger partial charge in [0.15, 0.2) is 0 Å². The molecule has 19 heavy (non-hydrogen) atoms. The molecule has 1 fully saturated rings. The molecule has 0 aromatic heterocycles. The maximum Gasteiger partial charge on any atom is 0.123 e. The van der Waals surface area contributed by atoms with Crippen LogP contribution in [0, 0.1) is 6.92 Å². The average molecular weight is 263 g/mol. The maximum absolute atomic E-state index is 5.75. The van der Waals surface area contributed by atoms with Gasteiger partial charge >= 0.3 is 0 Å². The summed E-state index contributed by atoms with van der Waals surface area (Å²) in [6, 6.07) is 6.62. The Morgan fingerprint density at radius 2 is 2.05 bits per heavy atom. The van der Waals surface area contributed by atoms with E-state index in [0.717, 1.165) is 25.0 Å². The van der Waals surface area contributed by atoms with Crippen molar-refractivity contribution in [1.82, 2.24) is 5.32 Å². The summed E-state index contributed by atoms with van der Waals surface area (Å²) in [5, 5.41) is 3.42. The van der Waals surface area contributed by atoms with Crippen LogP contribution in [0.5, 0.6) is 5.75 Å². The van der Waals surface area contributed by atoms with E-state index in [1.807, 2.05) is 14.2 Å². The summed E-state index contributed by atoms with van der Waals surface area (Å²) in [4.78, 5) is 0. The third-order valence-corrected chi connectivity index (χ3v) is 4.38. The van der Waals surface area contributed by atoms with Gasteiger partial charge in [-0.25, -0.2) is 0 Å². The summed E-state index contributed by atoms with van der Waals surface area (Å²) in [6.07, 6.45) is 4.60. The normalized spacial score (nSPS) is 18.7. The van der Waals surface area contributed by atoms with Crippen LogP contribution in [0.1, 0.15) is 42.9 Å².